The molecular formula is C18H12N4Na2O6S2. The molecule has 0 aromatic heterocycles. The van der Waals surface area contributed by atoms with Crippen LogP contribution in [-0.4, -0.2) is 85.1 Å². The quantitative estimate of drug-likeness (QED) is 0.410. The molecule has 0 aliphatic carbocycles. The summed E-state index contributed by atoms with van der Waals surface area (Å²) in [5.41, 5.74) is 0.774. The minimum absolute atomic E-state index is 0. The number of hydrogen-bond acceptors (Lipinski definition) is 6. The van der Waals surface area contributed by atoms with Crippen LogP contribution in [-0.2, 0) is 20.6 Å². The molecule has 0 unspecified atom stereocenters. The van der Waals surface area contributed by atoms with E-state index in [9.17, 15) is 25.9 Å². The molecule has 5 rings (SSSR count). The van der Waals surface area contributed by atoms with Crippen LogP contribution in [0.1, 0.15) is 0 Å². The monoisotopic (exact) mass is 490 g/mol. The van der Waals surface area contributed by atoms with Gasteiger partial charge in [-0.1, -0.05) is 24.3 Å². The van der Waals surface area contributed by atoms with Gasteiger partial charge in [-0.15, -0.1) is 0 Å². The normalized spacial score (nSPS) is 13.7. The first-order valence-electron chi connectivity index (χ1n) is 8.50. The second kappa shape index (κ2) is 8.80. The van der Waals surface area contributed by atoms with Gasteiger partial charge in [0, 0.05) is 59.1 Å². The van der Waals surface area contributed by atoms with Crippen LogP contribution in [0.4, 0.5) is 34.1 Å². The van der Waals surface area contributed by atoms with Crippen LogP contribution in [0.2, 0.25) is 0 Å². The Kier molecular flexibility index (Phi) is 6.96. The van der Waals surface area contributed by atoms with Crippen molar-refractivity contribution in [1.29, 1.82) is 0 Å². The van der Waals surface area contributed by atoms with E-state index in [1.54, 1.807) is 36.4 Å². The minimum Gasteiger partial charge on any atom is -0.269 e. The van der Waals surface area contributed by atoms with E-state index in [-0.39, 0.29) is 104 Å². The van der Waals surface area contributed by atoms with Crippen molar-refractivity contribution in [1.82, 2.24) is 0 Å². The van der Waals surface area contributed by atoms with Gasteiger partial charge in [0.05, 0.1) is 44.8 Å². The predicted octanol–water partition coefficient (Wildman–Crippen LogP) is 1.34. The third-order valence-electron chi connectivity index (χ3n) is 4.65. The van der Waals surface area contributed by atoms with E-state index in [0.717, 1.165) is 0 Å². The average Bonchev–Trinajstić information content (AvgIpc) is 2.66. The Morgan fingerprint density at radius 2 is 0.938 bits per heavy atom. The molecule has 2 N–H and O–H groups in total. The summed E-state index contributed by atoms with van der Waals surface area (Å²) >= 11 is 0. The maximum absolute atomic E-state index is 12.2. The molecule has 0 spiro atoms. The molecule has 0 fully saturated rings. The Labute approximate surface area is 227 Å². The van der Waals surface area contributed by atoms with Gasteiger partial charge in [0.15, 0.2) is 0 Å². The summed E-state index contributed by atoms with van der Waals surface area (Å²) in [5, 5.41) is 0.154. The van der Waals surface area contributed by atoms with E-state index in [4.69, 9.17) is 0 Å². The molecule has 32 heavy (non-hydrogen) atoms. The Hall–Kier alpha value is -1.32. The predicted molar refractivity (Wildman–Crippen MR) is 120 cm³/mol. The second-order valence-corrected chi connectivity index (χ2v) is 9.04. The van der Waals surface area contributed by atoms with E-state index in [2.05, 4.69) is 9.98 Å². The molecule has 0 amide bonds. The molecule has 3 aromatic carbocycles. The zero-order valence-electron chi connectivity index (χ0n) is 16.9. The fraction of sp³-hybridized carbons (Fsp3) is 0. The first kappa shape index (κ1) is 25.3. The summed E-state index contributed by atoms with van der Waals surface area (Å²) in [6.07, 6.45) is 0. The zero-order chi connectivity index (χ0) is 21.3. The van der Waals surface area contributed by atoms with Gasteiger partial charge in [-0.2, -0.15) is 16.8 Å². The van der Waals surface area contributed by atoms with Gasteiger partial charge in [-0.3, -0.25) is 9.11 Å². The number of rotatable bonds is 2. The Morgan fingerprint density at radius 3 is 1.28 bits per heavy atom. The number of fused-ring (bicyclic) bond motifs is 4. The number of hydrogen-bond donors (Lipinski definition) is 2. The number of anilines is 4. The number of nitrogens with zero attached hydrogens (tertiary/aromatic N) is 4. The molecule has 14 heteroatoms. The summed E-state index contributed by atoms with van der Waals surface area (Å²) in [5.74, 6) is 0. The van der Waals surface area contributed by atoms with Gasteiger partial charge in [0.2, 0.25) is 0 Å². The van der Waals surface area contributed by atoms with E-state index >= 15 is 0 Å². The van der Waals surface area contributed by atoms with Gasteiger partial charge in [-0.25, -0.2) is 18.6 Å². The van der Waals surface area contributed by atoms with Crippen molar-refractivity contribution >= 4 is 114 Å². The van der Waals surface area contributed by atoms with Crippen molar-refractivity contribution in [2.45, 2.75) is 0 Å². The third-order valence-corrected chi connectivity index (χ3v) is 6.36. The van der Waals surface area contributed by atoms with Crippen molar-refractivity contribution in [3.05, 3.63) is 71.4 Å². The second-order valence-electron chi connectivity index (χ2n) is 6.52. The zero-order valence-corrected chi connectivity index (χ0v) is 22.5. The molecule has 2 aliphatic rings. The van der Waals surface area contributed by atoms with Gasteiger partial charge < -0.3 is 0 Å². The molecule has 3 aromatic rings. The molecule has 0 bridgehead atoms. The van der Waals surface area contributed by atoms with Crippen LogP contribution >= 0.6 is 0 Å². The van der Waals surface area contributed by atoms with E-state index < -0.39 is 20.6 Å². The van der Waals surface area contributed by atoms with Crippen LogP contribution in [0.3, 0.4) is 0 Å². The summed E-state index contributed by atoms with van der Waals surface area (Å²) in [6.45, 7) is 0. The first-order valence-corrected chi connectivity index (χ1v) is 11.3. The van der Waals surface area contributed by atoms with Crippen molar-refractivity contribution in [3.63, 3.8) is 0 Å². The molecular weight excluding hydrogens is 478 g/mol. The summed E-state index contributed by atoms with van der Waals surface area (Å²) < 4.78 is 69.8. The standard InChI is InChI=1S/C18H12N4O6S2.2Na/c23-29(24,25)21-15-7-3-1-5-11(15)19-13-9-18-14(10-17(13)21)20-12-6-2-4-8-16(12)22(18)30(26,27)28;;/h1-10H,(H,23,24,25)(H,26,27,28);;. The van der Waals surface area contributed by atoms with Gasteiger partial charge in [0.1, 0.15) is 0 Å². The van der Waals surface area contributed by atoms with Crippen LogP contribution in [0.25, 0.3) is 0 Å². The molecule has 2 heterocycles. The topological polar surface area (TPSA) is 140 Å². The Morgan fingerprint density at radius 1 is 0.594 bits per heavy atom. The molecule has 2 radical (unpaired) electrons. The summed E-state index contributed by atoms with van der Waals surface area (Å²) in [6, 6.07) is 15.1. The van der Waals surface area contributed by atoms with Crippen LogP contribution in [0.5, 0.6) is 0 Å². The van der Waals surface area contributed by atoms with Crippen LogP contribution in [0.15, 0.2) is 70.6 Å². The molecule has 0 saturated carbocycles. The number of benzene rings is 3. The first-order chi connectivity index (χ1) is 14.1. The summed E-state index contributed by atoms with van der Waals surface area (Å²) in [7, 11) is -9.46. The molecule has 0 atom stereocenters. The Bertz CT molecular complexity index is 1460. The van der Waals surface area contributed by atoms with Crippen LogP contribution < -0.4 is 19.3 Å². The largest absolute Gasteiger partial charge is 0.364 e. The fourth-order valence-corrected chi connectivity index (χ4v) is 5.13. The fourth-order valence-electron chi connectivity index (χ4n) is 3.54. The smallest absolute Gasteiger partial charge is 0.269 e. The minimum atomic E-state index is -4.73. The molecule has 10 nitrogen and oxygen atoms in total. The maximum atomic E-state index is 12.2. The van der Waals surface area contributed by atoms with Crippen molar-refractivity contribution in [2.75, 3.05) is 8.61 Å². The van der Waals surface area contributed by atoms with Gasteiger partial charge in [0.25, 0.3) is 0 Å². The molecule has 0 saturated heterocycles. The van der Waals surface area contributed by atoms with Gasteiger partial charge in [-0.05, 0) is 36.4 Å². The maximum Gasteiger partial charge on any atom is 0.364 e. The number of para-hydroxylation sites is 4. The SMILES string of the molecule is O=S(=O)(O)N1c2ccccc2N=c2cc3c(cc21)=Nc1ccccc1N3S(=O)(=O)O.[Na].[Na]. The van der Waals surface area contributed by atoms with Crippen LogP contribution in [0, 0.1) is 0 Å². The summed E-state index contributed by atoms with van der Waals surface area (Å²) in [4.78, 5) is 8.78. The van der Waals surface area contributed by atoms with Gasteiger partial charge >= 0.3 is 20.6 Å². The van der Waals surface area contributed by atoms with Crippen molar-refractivity contribution in [2.24, 2.45) is 9.98 Å². The third kappa shape index (κ3) is 4.16. The van der Waals surface area contributed by atoms with E-state index in [1.807, 2.05) is 0 Å². The van der Waals surface area contributed by atoms with E-state index in [1.165, 1.54) is 24.3 Å². The molecule has 2 aliphatic heterocycles. The Balaban J connectivity index is 0.00000144. The van der Waals surface area contributed by atoms with Crippen molar-refractivity contribution < 1.29 is 25.9 Å². The molecule has 154 valence electrons. The van der Waals surface area contributed by atoms with E-state index in [0.29, 0.717) is 8.61 Å². The average molecular weight is 490 g/mol. The van der Waals surface area contributed by atoms with Crippen molar-refractivity contribution in [3.8, 4) is 0 Å².